The number of hydrogen-bond acceptors (Lipinski definition) is 2. The van der Waals surface area contributed by atoms with E-state index in [0.29, 0.717) is 18.3 Å². The predicted octanol–water partition coefficient (Wildman–Crippen LogP) is 2.10. The van der Waals surface area contributed by atoms with E-state index in [0.717, 1.165) is 0 Å². The van der Waals surface area contributed by atoms with Crippen LogP contribution in [0.25, 0.3) is 0 Å². The molecule has 2 rings (SSSR count). The number of rotatable bonds is 4. The summed E-state index contributed by atoms with van der Waals surface area (Å²) in [6.45, 7) is 0.620. The van der Waals surface area contributed by atoms with Gasteiger partial charge in [0.1, 0.15) is 11.6 Å². The van der Waals surface area contributed by atoms with Gasteiger partial charge in [-0.1, -0.05) is 6.42 Å². The van der Waals surface area contributed by atoms with E-state index in [1.54, 1.807) is 6.07 Å². The van der Waals surface area contributed by atoms with Gasteiger partial charge >= 0.3 is 0 Å². The van der Waals surface area contributed by atoms with Gasteiger partial charge in [-0.2, -0.15) is 0 Å². The van der Waals surface area contributed by atoms with E-state index >= 15 is 0 Å². The third-order valence-electron chi connectivity index (χ3n) is 2.92. The fourth-order valence-electron chi connectivity index (χ4n) is 1.66. The average Bonchev–Trinajstić information content (AvgIpc) is 2.14. The van der Waals surface area contributed by atoms with Crippen molar-refractivity contribution >= 4 is 5.91 Å². The highest BCUT2D eigenvalue weighted by Gasteiger charge is 2.18. The van der Waals surface area contributed by atoms with E-state index in [2.05, 4.69) is 0 Å². The Morgan fingerprint density at radius 2 is 2.25 bits per heavy atom. The van der Waals surface area contributed by atoms with E-state index in [1.807, 2.05) is 0 Å². The van der Waals surface area contributed by atoms with Gasteiger partial charge in [-0.25, -0.2) is 4.39 Å². The summed E-state index contributed by atoms with van der Waals surface area (Å²) in [4.78, 5) is 10.8. The largest absolute Gasteiger partial charge is 0.493 e. The van der Waals surface area contributed by atoms with Gasteiger partial charge in [0.2, 0.25) is 0 Å². The summed E-state index contributed by atoms with van der Waals surface area (Å²) in [5.41, 5.74) is 4.90. The highest BCUT2D eigenvalue weighted by Crippen LogP contribution is 2.27. The molecule has 1 aliphatic carbocycles. The smallest absolute Gasteiger partial charge is 0.251 e. The molecule has 0 radical (unpaired) electrons. The molecule has 0 spiro atoms. The Labute approximate surface area is 93.4 Å². The lowest BCUT2D eigenvalue weighted by Crippen LogP contribution is -2.19. The fourth-order valence-corrected chi connectivity index (χ4v) is 1.66. The summed E-state index contributed by atoms with van der Waals surface area (Å²) in [5, 5.41) is 0. The van der Waals surface area contributed by atoms with Crippen molar-refractivity contribution in [3.63, 3.8) is 0 Å². The Balaban J connectivity index is 1.99. The first-order valence-electron chi connectivity index (χ1n) is 5.39. The first-order chi connectivity index (χ1) is 7.66. The van der Waals surface area contributed by atoms with Crippen LogP contribution in [0.5, 0.6) is 5.75 Å². The van der Waals surface area contributed by atoms with Gasteiger partial charge in [-0.05, 0) is 30.9 Å². The lowest BCUT2D eigenvalue weighted by atomic mass is 9.86. The zero-order valence-corrected chi connectivity index (χ0v) is 8.91. The Morgan fingerprint density at radius 3 is 2.75 bits per heavy atom. The van der Waals surface area contributed by atoms with Crippen LogP contribution < -0.4 is 10.5 Å². The Morgan fingerprint density at radius 1 is 1.50 bits per heavy atom. The molecule has 0 aliphatic heterocycles. The van der Waals surface area contributed by atoms with Crippen LogP contribution in [0.15, 0.2) is 18.2 Å². The van der Waals surface area contributed by atoms with E-state index in [1.165, 1.54) is 31.4 Å². The lowest BCUT2D eigenvalue weighted by molar-refractivity contribution is 0.0996. The standard InChI is InChI=1S/C12H14FNO2/c13-11-6-9(4-5-10(11)12(14)15)16-7-8-2-1-3-8/h4-6,8H,1-3,7H2,(H2,14,15). The van der Waals surface area contributed by atoms with Crippen molar-refractivity contribution in [3.05, 3.63) is 29.6 Å². The first kappa shape index (κ1) is 10.9. The summed E-state index contributed by atoms with van der Waals surface area (Å²) in [7, 11) is 0. The number of benzene rings is 1. The number of primary amides is 1. The Kier molecular flexibility index (Phi) is 3.08. The summed E-state index contributed by atoms with van der Waals surface area (Å²) >= 11 is 0. The molecule has 1 fully saturated rings. The van der Waals surface area contributed by atoms with Gasteiger partial charge < -0.3 is 10.5 Å². The maximum atomic E-state index is 13.3. The van der Waals surface area contributed by atoms with Gasteiger partial charge in [0.05, 0.1) is 12.2 Å². The van der Waals surface area contributed by atoms with E-state index in [9.17, 15) is 9.18 Å². The molecule has 1 aromatic carbocycles. The molecule has 0 heterocycles. The molecule has 1 aliphatic rings. The van der Waals surface area contributed by atoms with Gasteiger partial charge in [0.25, 0.3) is 5.91 Å². The van der Waals surface area contributed by atoms with Crippen molar-refractivity contribution in [2.45, 2.75) is 19.3 Å². The molecule has 0 saturated heterocycles. The van der Waals surface area contributed by atoms with E-state index in [4.69, 9.17) is 10.5 Å². The second-order valence-corrected chi connectivity index (χ2v) is 4.11. The zero-order valence-electron chi connectivity index (χ0n) is 8.91. The molecule has 3 nitrogen and oxygen atoms in total. The van der Waals surface area contributed by atoms with Crippen LogP contribution in [0.4, 0.5) is 4.39 Å². The van der Waals surface area contributed by atoms with Crippen LogP contribution >= 0.6 is 0 Å². The fraction of sp³-hybridized carbons (Fsp3) is 0.417. The highest BCUT2D eigenvalue weighted by atomic mass is 19.1. The Bertz CT molecular complexity index is 402. The molecule has 0 bridgehead atoms. The highest BCUT2D eigenvalue weighted by molar-refractivity contribution is 5.93. The zero-order chi connectivity index (χ0) is 11.5. The Hall–Kier alpha value is -1.58. The van der Waals surface area contributed by atoms with Crippen LogP contribution in [0, 0.1) is 11.7 Å². The summed E-state index contributed by atoms with van der Waals surface area (Å²) in [5.74, 6) is -0.338. The van der Waals surface area contributed by atoms with Crippen molar-refractivity contribution in [1.82, 2.24) is 0 Å². The van der Waals surface area contributed by atoms with Crippen molar-refractivity contribution in [3.8, 4) is 5.75 Å². The number of nitrogens with two attached hydrogens (primary N) is 1. The molecule has 1 aromatic rings. The molecule has 86 valence electrons. The average molecular weight is 223 g/mol. The summed E-state index contributed by atoms with van der Waals surface area (Å²) < 4.78 is 18.8. The number of halogens is 1. The molecule has 2 N–H and O–H groups in total. The topological polar surface area (TPSA) is 52.3 Å². The van der Waals surface area contributed by atoms with Crippen LogP contribution in [0.3, 0.4) is 0 Å². The maximum absolute atomic E-state index is 13.3. The number of carbonyl (C=O) groups excluding carboxylic acids is 1. The third kappa shape index (κ3) is 2.32. The van der Waals surface area contributed by atoms with Crippen LogP contribution in [0.1, 0.15) is 29.6 Å². The second kappa shape index (κ2) is 4.51. The summed E-state index contributed by atoms with van der Waals surface area (Å²) in [6.07, 6.45) is 3.62. The van der Waals surface area contributed by atoms with Crippen LogP contribution in [-0.2, 0) is 0 Å². The summed E-state index contributed by atoms with van der Waals surface area (Å²) in [6, 6.07) is 4.13. The minimum atomic E-state index is -0.761. The maximum Gasteiger partial charge on any atom is 0.251 e. The predicted molar refractivity (Wildman–Crippen MR) is 57.8 cm³/mol. The monoisotopic (exact) mass is 223 g/mol. The molecule has 4 heteroatoms. The SMILES string of the molecule is NC(=O)c1ccc(OCC2CCC2)cc1F. The molecular formula is C12H14FNO2. The molecule has 1 amide bonds. The van der Waals surface area contributed by atoms with Crippen molar-refractivity contribution in [2.75, 3.05) is 6.61 Å². The lowest BCUT2D eigenvalue weighted by Gasteiger charge is -2.25. The normalized spacial score (nSPS) is 15.6. The molecule has 1 saturated carbocycles. The first-order valence-corrected chi connectivity index (χ1v) is 5.39. The molecular weight excluding hydrogens is 209 g/mol. The quantitative estimate of drug-likeness (QED) is 0.849. The van der Waals surface area contributed by atoms with Gasteiger partial charge in [0, 0.05) is 6.07 Å². The number of ether oxygens (including phenoxy) is 1. The van der Waals surface area contributed by atoms with Gasteiger partial charge in [0.15, 0.2) is 0 Å². The van der Waals surface area contributed by atoms with E-state index < -0.39 is 11.7 Å². The molecule has 0 aromatic heterocycles. The van der Waals surface area contributed by atoms with Crippen LogP contribution in [0.2, 0.25) is 0 Å². The minimum absolute atomic E-state index is 0.101. The third-order valence-corrected chi connectivity index (χ3v) is 2.92. The van der Waals surface area contributed by atoms with Gasteiger partial charge in [-0.15, -0.1) is 0 Å². The number of carbonyl (C=O) groups is 1. The molecule has 0 atom stereocenters. The number of hydrogen-bond donors (Lipinski definition) is 1. The molecule has 16 heavy (non-hydrogen) atoms. The minimum Gasteiger partial charge on any atom is -0.493 e. The van der Waals surface area contributed by atoms with Gasteiger partial charge in [-0.3, -0.25) is 4.79 Å². The number of amides is 1. The second-order valence-electron chi connectivity index (χ2n) is 4.11. The van der Waals surface area contributed by atoms with Crippen LogP contribution in [-0.4, -0.2) is 12.5 Å². The molecule has 0 unspecified atom stereocenters. The van der Waals surface area contributed by atoms with Crippen molar-refractivity contribution < 1.29 is 13.9 Å². The van der Waals surface area contributed by atoms with E-state index in [-0.39, 0.29) is 5.56 Å². The van der Waals surface area contributed by atoms with Crippen molar-refractivity contribution in [2.24, 2.45) is 11.7 Å². The van der Waals surface area contributed by atoms with Crippen molar-refractivity contribution in [1.29, 1.82) is 0 Å².